The third-order valence-corrected chi connectivity index (χ3v) is 5.74. The zero-order valence-electron chi connectivity index (χ0n) is 17.8. The first kappa shape index (κ1) is 20.9. The molecule has 0 saturated carbocycles. The molecule has 1 atom stereocenters. The van der Waals surface area contributed by atoms with Crippen molar-refractivity contribution in [1.82, 2.24) is 15.2 Å². The highest BCUT2D eigenvalue weighted by atomic mass is 35.5. The Morgan fingerprint density at radius 2 is 1.94 bits per heavy atom. The number of nitrogens with zero attached hydrogens (tertiary/aromatic N) is 3. The molecule has 2 aromatic carbocycles. The molecule has 7 nitrogen and oxygen atoms in total. The zero-order valence-corrected chi connectivity index (χ0v) is 18.6. The van der Waals surface area contributed by atoms with Crippen molar-refractivity contribution in [2.24, 2.45) is 0 Å². The van der Waals surface area contributed by atoms with Gasteiger partial charge in [-0.25, -0.2) is 4.79 Å². The van der Waals surface area contributed by atoms with Crippen molar-refractivity contribution >= 4 is 45.3 Å². The molecule has 0 bridgehead atoms. The van der Waals surface area contributed by atoms with E-state index < -0.39 is 5.97 Å². The molecule has 0 amide bonds. The standard InChI is InChI=1S/C25H19ClN4O3/c1-13-7-18(14(2)29-21-6-4-3-5-17(21)25(31)32)23-19(8-13)22-24(33-23)20(12-28-30-22)15-9-16(26)11-27-10-15/h3-12,14,29H,1-2H3,(H,31,32)/t14-/m1/s1. The third kappa shape index (κ3) is 3.76. The minimum absolute atomic E-state index is 0.208. The van der Waals surface area contributed by atoms with Gasteiger partial charge in [0.2, 0.25) is 0 Å². The van der Waals surface area contributed by atoms with Gasteiger partial charge in [-0.05, 0) is 43.7 Å². The summed E-state index contributed by atoms with van der Waals surface area (Å²) in [6.07, 6.45) is 4.91. The van der Waals surface area contributed by atoms with E-state index in [2.05, 4.69) is 20.5 Å². The number of aryl methyl sites for hydroxylation is 1. The summed E-state index contributed by atoms with van der Waals surface area (Å²) in [5.74, 6) is -0.988. The fourth-order valence-electron chi connectivity index (χ4n) is 4.04. The molecule has 164 valence electrons. The lowest BCUT2D eigenvalue weighted by Gasteiger charge is -2.18. The summed E-state index contributed by atoms with van der Waals surface area (Å²) in [7, 11) is 0. The number of rotatable bonds is 5. The lowest BCUT2D eigenvalue weighted by atomic mass is 10.0. The lowest BCUT2D eigenvalue weighted by molar-refractivity contribution is 0.0698. The molecular weight excluding hydrogens is 440 g/mol. The Morgan fingerprint density at radius 3 is 2.73 bits per heavy atom. The predicted octanol–water partition coefficient (Wildman–Crippen LogP) is 6.27. The molecule has 2 N–H and O–H groups in total. The minimum atomic E-state index is -0.988. The topological polar surface area (TPSA) is 101 Å². The number of aromatic carboxylic acids is 1. The van der Waals surface area contributed by atoms with Gasteiger partial charge < -0.3 is 14.8 Å². The van der Waals surface area contributed by atoms with Gasteiger partial charge >= 0.3 is 5.97 Å². The number of carboxylic acid groups (broad SMARTS) is 1. The van der Waals surface area contributed by atoms with Crippen molar-refractivity contribution in [3.8, 4) is 11.1 Å². The van der Waals surface area contributed by atoms with E-state index >= 15 is 0 Å². The molecule has 0 radical (unpaired) electrons. The molecule has 0 spiro atoms. The Kier molecular flexibility index (Phi) is 5.18. The number of hydrogen-bond acceptors (Lipinski definition) is 6. The summed E-state index contributed by atoms with van der Waals surface area (Å²) in [6.45, 7) is 3.96. The molecule has 0 aliphatic carbocycles. The van der Waals surface area contributed by atoms with Crippen LogP contribution >= 0.6 is 11.6 Å². The van der Waals surface area contributed by atoms with Gasteiger partial charge in [0, 0.05) is 40.2 Å². The zero-order chi connectivity index (χ0) is 23.1. The van der Waals surface area contributed by atoms with Crippen LogP contribution in [0.25, 0.3) is 33.2 Å². The van der Waals surface area contributed by atoms with Crippen LogP contribution in [0.2, 0.25) is 5.02 Å². The Balaban J connectivity index is 1.67. The lowest BCUT2D eigenvalue weighted by Crippen LogP contribution is -2.11. The Bertz CT molecular complexity index is 1530. The van der Waals surface area contributed by atoms with Crippen molar-refractivity contribution in [3.05, 3.63) is 82.8 Å². The number of aromatic nitrogens is 3. The number of carbonyl (C=O) groups is 1. The Hall–Kier alpha value is -3.97. The summed E-state index contributed by atoms with van der Waals surface area (Å²) < 4.78 is 6.37. The monoisotopic (exact) mass is 458 g/mol. The highest BCUT2D eigenvalue weighted by Crippen LogP contribution is 2.38. The molecule has 0 fully saturated rings. The van der Waals surface area contributed by atoms with Gasteiger partial charge in [-0.15, -0.1) is 5.10 Å². The number of halogens is 1. The molecule has 8 heteroatoms. The molecular formula is C25H19ClN4O3. The fraction of sp³-hybridized carbons (Fsp3) is 0.120. The number of furan rings is 1. The van der Waals surface area contributed by atoms with Gasteiger partial charge in [0.15, 0.2) is 5.58 Å². The van der Waals surface area contributed by atoms with Crippen LogP contribution in [0.15, 0.2) is 65.5 Å². The van der Waals surface area contributed by atoms with Crippen LogP contribution in [0.4, 0.5) is 5.69 Å². The van der Waals surface area contributed by atoms with Gasteiger partial charge in [0.25, 0.3) is 0 Å². The predicted molar refractivity (Wildman–Crippen MR) is 128 cm³/mol. The summed E-state index contributed by atoms with van der Waals surface area (Å²) in [5, 5.41) is 22.7. The molecule has 5 aromatic rings. The molecule has 5 rings (SSSR count). The second kappa shape index (κ2) is 8.18. The second-order valence-electron chi connectivity index (χ2n) is 7.88. The number of benzene rings is 2. The third-order valence-electron chi connectivity index (χ3n) is 5.54. The summed E-state index contributed by atoms with van der Waals surface area (Å²) in [4.78, 5) is 15.8. The van der Waals surface area contributed by atoms with E-state index in [0.29, 0.717) is 27.4 Å². The number of pyridine rings is 1. The van der Waals surface area contributed by atoms with Crippen LogP contribution in [0.3, 0.4) is 0 Å². The highest BCUT2D eigenvalue weighted by molar-refractivity contribution is 6.30. The van der Waals surface area contributed by atoms with Crippen LogP contribution in [0, 0.1) is 6.92 Å². The van der Waals surface area contributed by atoms with Gasteiger partial charge in [-0.1, -0.05) is 29.8 Å². The number of carboxylic acids is 1. The van der Waals surface area contributed by atoms with E-state index in [0.717, 1.165) is 27.6 Å². The SMILES string of the molecule is Cc1cc([C@@H](C)Nc2ccccc2C(=O)O)c2oc3c(-c4cncc(Cl)c4)cnnc3c2c1. The maximum Gasteiger partial charge on any atom is 0.337 e. The summed E-state index contributed by atoms with van der Waals surface area (Å²) in [6, 6.07) is 12.4. The maximum absolute atomic E-state index is 11.6. The highest BCUT2D eigenvalue weighted by Gasteiger charge is 2.21. The van der Waals surface area contributed by atoms with E-state index in [4.69, 9.17) is 16.0 Å². The number of nitrogens with one attached hydrogen (secondary N) is 1. The van der Waals surface area contributed by atoms with E-state index in [1.165, 1.54) is 0 Å². The second-order valence-corrected chi connectivity index (χ2v) is 8.31. The largest absolute Gasteiger partial charge is 0.478 e. The smallest absolute Gasteiger partial charge is 0.337 e. The Morgan fingerprint density at radius 1 is 1.12 bits per heavy atom. The van der Waals surface area contributed by atoms with Gasteiger partial charge in [-0.3, -0.25) is 4.98 Å². The first-order chi connectivity index (χ1) is 15.9. The van der Waals surface area contributed by atoms with Crippen molar-refractivity contribution in [2.45, 2.75) is 19.9 Å². The number of fused-ring (bicyclic) bond motifs is 3. The molecule has 0 saturated heterocycles. The summed E-state index contributed by atoms with van der Waals surface area (Å²) in [5.41, 5.74) is 6.08. The number of para-hydroxylation sites is 1. The first-order valence-electron chi connectivity index (χ1n) is 10.3. The van der Waals surface area contributed by atoms with Gasteiger partial charge in [0.1, 0.15) is 11.1 Å². The molecule has 0 unspecified atom stereocenters. The number of hydrogen-bond donors (Lipinski definition) is 2. The molecule has 33 heavy (non-hydrogen) atoms. The normalized spacial score (nSPS) is 12.2. The fourth-order valence-corrected chi connectivity index (χ4v) is 4.22. The van der Waals surface area contributed by atoms with Crippen molar-refractivity contribution < 1.29 is 14.3 Å². The van der Waals surface area contributed by atoms with E-state index in [1.807, 2.05) is 26.0 Å². The van der Waals surface area contributed by atoms with E-state index in [1.54, 1.807) is 48.9 Å². The van der Waals surface area contributed by atoms with E-state index in [9.17, 15) is 9.90 Å². The van der Waals surface area contributed by atoms with Crippen molar-refractivity contribution in [1.29, 1.82) is 0 Å². The van der Waals surface area contributed by atoms with Crippen LogP contribution in [-0.4, -0.2) is 26.3 Å². The van der Waals surface area contributed by atoms with Crippen LogP contribution in [0.1, 0.15) is 34.5 Å². The molecule has 3 heterocycles. The quantitative estimate of drug-likeness (QED) is 0.320. The van der Waals surface area contributed by atoms with Crippen LogP contribution in [0.5, 0.6) is 0 Å². The molecule has 0 aliphatic rings. The van der Waals surface area contributed by atoms with E-state index in [-0.39, 0.29) is 11.6 Å². The Labute approximate surface area is 194 Å². The maximum atomic E-state index is 11.6. The van der Waals surface area contributed by atoms with Crippen LogP contribution < -0.4 is 5.32 Å². The van der Waals surface area contributed by atoms with Crippen molar-refractivity contribution in [3.63, 3.8) is 0 Å². The van der Waals surface area contributed by atoms with Crippen molar-refractivity contribution in [2.75, 3.05) is 5.32 Å². The minimum Gasteiger partial charge on any atom is -0.478 e. The molecule has 3 aromatic heterocycles. The van der Waals surface area contributed by atoms with Gasteiger partial charge in [0.05, 0.1) is 22.8 Å². The number of anilines is 1. The first-order valence-corrected chi connectivity index (χ1v) is 10.7. The van der Waals surface area contributed by atoms with Crippen LogP contribution in [-0.2, 0) is 0 Å². The average molecular weight is 459 g/mol. The average Bonchev–Trinajstić information content (AvgIpc) is 3.17. The molecule has 0 aliphatic heterocycles. The van der Waals surface area contributed by atoms with Gasteiger partial charge in [-0.2, -0.15) is 5.10 Å². The summed E-state index contributed by atoms with van der Waals surface area (Å²) >= 11 is 6.15.